The van der Waals surface area contributed by atoms with Crippen molar-refractivity contribution < 1.29 is 32.5 Å². The summed E-state index contributed by atoms with van der Waals surface area (Å²) in [4.78, 5) is 16.0. The number of nitrogens with zero attached hydrogens (tertiary/aromatic N) is 1. The Morgan fingerprint density at radius 3 is 2.36 bits per heavy atom. The molecular formula is C28H30F3NO4. The first-order valence-corrected chi connectivity index (χ1v) is 11.7. The van der Waals surface area contributed by atoms with Gasteiger partial charge in [-0.3, -0.25) is 4.98 Å². The summed E-state index contributed by atoms with van der Waals surface area (Å²) >= 11 is 0. The number of pyridine rings is 1. The lowest BCUT2D eigenvalue weighted by molar-refractivity contribution is -0.152. The third-order valence-electron chi connectivity index (χ3n) is 5.81. The molecule has 0 aliphatic carbocycles. The van der Waals surface area contributed by atoms with Gasteiger partial charge in [-0.2, -0.15) is 13.2 Å². The number of halogens is 3. The molecule has 0 bridgehead atoms. The first-order valence-electron chi connectivity index (χ1n) is 11.7. The maximum atomic E-state index is 13.1. The van der Waals surface area contributed by atoms with E-state index in [0.29, 0.717) is 34.9 Å². The summed E-state index contributed by atoms with van der Waals surface area (Å²) < 4.78 is 51.3. The summed E-state index contributed by atoms with van der Waals surface area (Å²) in [6.45, 7) is 8.62. The summed E-state index contributed by atoms with van der Waals surface area (Å²) in [7, 11) is 0. The van der Waals surface area contributed by atoms with E-state index in [1.54, 1.807) is 30.3 Å². The highest BCUT2D eigenvalue weighted by Crippen LogP contribution is 2.34. The zero-order valence-corrected chi connectivity index (χ0v) is 20.9. The maximum absolute atomic E-state index is 13.1. The highest BCUT2D eigenvalue weighted by molar-refractivity contribution is 5.76. The van der Waals surface area contributed by atoms with E-state index < -0.39 is 23.3 Å². The summed E-state index contributed by atoms with van der Waals surface area (Å²) in [6.07, 6.45) is -3.20. The quantitative estimate of drug-likeness (QED) is 0.328. The molecule has 0 aliphatic rings. The van der Waals surface area contributed by atoms with E-state index in [1.165, 1.54) is 19.9 Å². The molecule has 0 radical (unpaired) electrons. The number of carbonyl (C=O) groups is 1. The predicted octanol–water partition coefficient (Wildman–Crippen LogP) is 7.55. The first-order chi connectivity index (χ1) is 16.8. The van der Waals surface area contributed by atoms with Crippen molar-refractivity contribution in [3.63, 3.8) is 0 Å². The van der Waals surface area contributed by atoms with E-state index in [0.717, 1.165) is 29.7 Å². The van der Waals surface area contributed by atoms with Gasteiger partial charge >= 0.3 is 12.1 Å². The van der Waals surface area contributed by atoms with Gasteiger partial charge < -0.3 is 14.6 Å². The summed E-state index contributed by atoms with van der Waals surface area (Å²) in [5.41, 5.74) is 0.999. The van der Waals surface area contributed by atoms with Crippen LogP contribution in [0.3, 0.4) is 0 Å². The second-order valence-corrected chi connectivity index (χ2v) is 9.19. The summed E-state index contributed by atoms with van der Waals surface area (Å²) in [5.74, 6) is -0.0281. The molecule has 1 heterocycles. The van der Waals surface area contributed by atoms with Crippen molar-refractivity contribution >= 4 is 5.97 Å². The molecule has 8 heteroatoms. The summed E-state index contributed by atoms with van der Waals surface area (Å²) in [6, 6.07) is 13.9. The average Bonchev–Trinajstić information content (AvgIpc) is 2.80. The third-order valence-corrected chi connectivity index (χ3v) is 5.81. The van der Waals surface area contributed by atoms with Crippen molar-refractivity contribution in [2.75, 3.05) is 0 Å². The topological polar surface area (TPSA) is 68.7 Å². The normalized spacial score (nSPS) is 12.8. The summed E-state index contributed by atoms with van der Waals surface area (Å²) in [5, 5.41) is 9.31. The van der Waals surface area contributed by atoms with Crippen molar-refractivity contribution in [3.05, 3.63) is 77.0 Å². The molecule has 0 saturated carbocycles. The van der Waals surface area contributed by atoms with Crippen LogP contribution in [0.25, 0.3) is 11.3 Å². The minimum Gasteiger partial charge on any atom is -0.486 e. The van der Waals surface area contributed by atoms with Gasteiger partial charge in [-0.1, -0.05) is 31.5 Å². The van der Waals surface area contributed by atoms with Crippen LogP contribution in [0.2, 0.25) is 0 Å². The Labute approximate surface area is 208 Å². The second kappa shape index (κ2) is 10.6. The monoisotopic (exact) mass is 501 g/mol. The molecule has 1 N–H and O–H groups in total. The lowest BCUT2D eigenvalue weighted by Crippen LogP contribution is -2.38. The zero-order chi connectivity index (χ0) is 26.7. The number of alkyl halides is 3. The van der Waals surface area contributed by atoms with Gasteiger partial charge in [0, 0.05) is 16.8 Å². The molecule has 0 amide bonds. The minimum absolute atomic E-state index is 0.320. The van der Waals surface area contributed by atoms with Gasteiger partial charge in [0.2, 0.25) is 0 Å². The number of rotatable bonds is 9. The molecule has 0 spiro atoms. The fourth-order valence-corrected chi connectivity index (χ4v) is 3.76. The highest BCUT2D eigenvalue weighted by Gasteiger charge is 2.31. The van der Waals surface area contributed by atoms with Crippen molar-refractivity contribution in [1.29, 1.82) is 0 Å². The number of hydrogen-bond acceptors (Lipinski definition) is 4. The van der Waals surface area contributed by atoms with E-state index >= 15 is 0 Å². The van der Waals surface area contributed by atoms with Crippen LogP contribution in [-0.2, 0) is 11.0 Å². The lowest BCUT2D eigenvalue weighted by atomic mass is 10.0. The maximum Gasteiger partial charge on any atom is 0.416 e. The minimum atomic E-state index is -4.42. The van der Waals surface area contributed by atoms with Crippen LogP contribution < -0.4 is 9.47 Å². The van der Waals surface area contributed by atoms with E-state index in [2.05, 4.69) is 4.98 Å². The van der Waals surface area contributed by atoms with Crippen molar-refractivity contribution in [1.82, 2.24) is 4.98 Å². The Hall–Kier alpha value is -3.55. The zero-order valence-electron chi connectivity index (χ0n) is 20.9. The van der Waals surface area contributed by atoms with E-state index in [4.69, 9.17) is 9.47 Å². The average molecular weight is 502 g/mol. The van der Waals surface area contributed by atoms with Gasteiger partial charge in [0.15, 0.2) is 5.60 Å². The fourth-order valence-electron chi connectivity index (χ4n) is 3.76. The molecule has 1 atom stereocenters. The Bertz CT molecular complexity index is 1240. The highest BCUT2D eigenvalue weighted by atomic mass is 19.4. The standard InChI is InChI=1S/C28H30F3NO4/c1-6-8-25(35-21-11-14-24(17(2)15-21)36-27(4,5)26(33)34)22-12-13-23(32-18(22)3)19-9-7-10-20(16-19)28(29,30)31/h7,9-16,25H,6,8H2,1-5H3,(H,33,34). The molecule has 1 aromatic heterocycles. The number of carboxylic acid groups (broad SMARTS) is 1. The molecule has 5 nitrogen and oxygen atoms in total. The number of aryl methyl sites for hydroxylation is 2. The smallest absolute Gasteiger partial charge is 0.416 e. The largest absolute Gasteiger partial charge is 0.486 e. The van der Waals surface area contributed by atoms with Gasteiger partial charge in [0.1, 0.15) is 17.6 Å². The number of aliphatic carboxylic acids is 1. The molecule has 3 aromatic rings. The molecule has 0 saturated heterocycles. The third kappa shape index (κ3) is 6.36. The molecule has 2 aromatic carbocycles. The van der Waals surface area contributed by atoms with Crippen molar-refractivity contribution in [2.45, 2.75) is 65.3 Å². The SMILES string of the molecule is CCCC(Oc1ccc(OC(C)(C)C(=O)O)c(C)c1)c1ccc(-c2cccc(C(F)(F)F)c2)nc1C. The number of benzene rings is 2. The first kappa shape index (κ1) is 27.0. The van der Waals surface area contributed by atoms with Crippen LogP contribution in [0.4, 0.5) is 13.2 Å². The van der Waals surface area contributed by atoms with Crippen molar-refractivity contribution in [3.8, 4) is 22.8 Å². The van der Waals surface area contributed by atoms with Crippen molar-refractivity contribution in [2.24, 2.45) is 0 Å². The van der Waals surface area contributed by atoms with Gasteiger partial charge in [-0.25, -0.2) is 4.79 Å². The van der Waals surface area contributed by atoms with Crippen LogP contribution in [0.15, 0.2) is 54.6 Å². The second-order valence-electron chi connectivity index (χ2n) is 9.19. The van der Waals surface area contributed by atoms with Crippen LogP contribution in [0, 0.1) is 13.8 Å². The Morgan fingerprint density at radius 1 is 1.06 bits per heavy atom. The lowest BCUT2D eigenvalue weighted by Gasteiger charge is -2.24. The van der Waals surface area contributed by atoms with Gasteiger partial charge in [-0.05, 0) is 76.1 Å². The molecular weight excluding hydrogens is 471 g/mol. The molecule has 36 heavy (non-hydrogen) atoms. The molecule has 0 fully saturated rings. The van der Waals surface area contributed by atoms with Crippen LogP contribution in [-0.4, -0.2) is 21.7 Å². The van der Waals surface area contributed by atoms with Crippen LogP contribution in [0.5, 0.6) is 11.5 Å². The van der Waals surface area contributed by atoms with Crippen LogP contribution in [0.1, 0.15) is 62.1 Å². The van der Waals surface area contributed by atoms with E-state index in [1.807, 2.05) is 26.8 Å². The van der Waals surface area contributed by atoms with E-state index in [9.17, 15) is 23.1 Å². The number of ether oxygens (including phenoxy) is 2. The molecule has 0 aliphatic heterocycles. The Morgan fingerprint density at radius 2 is 1.78 bits per heavy atom. The Kier molecular flexibility index (Phi) is 7.96. The van der Waals surface area contributed by atoms with Gasteiger partial charge in [-0.15, -0.1) is 0 Å². The van der Waals surface area contributed by atoms with Crippen LogP contribution >= 0.6 is 0 Å². The van der Waals surface area contributed by atoms with E-state index in [-0.39, 0.29) is 6.10 Å². The molecule has 3 rings (SSSR count). The molecule has 192 valence electrons. The molecule has 1 unspecified atom stereocenters. The van der Waals surface area contributed by atoms with Gasteiger partial charge in [0.05, 0.1) is 11.3 Å². The number of aromatic nitrogens is 1. The fraction of sp³-hybridized carbons (Fsp3) is 0.357. The number of hydrogen-bond donors (Lipinski definition) is 1. The predicted molar refractivity (Wildman–Crippen MR) is 131 cm³/mol. The Balaban J connectivity index is 1.85. The van der Waals surface area contributed by atoms with Gasteiger partial charge in [0.25, 0.3) is 0 Å². The number of carboxylic acids is 1.